The van der Waals surface area contributed by atoms with E-state index in [2.05, 4.69) is 20.1 Å². The topological polar surface area (TPSA) is 113 Å². The Bertz CT molecular complexity index is 419. The van der Waals surface area contributed by atoms with Gasteiger partial charge in [0, 0.05) is 17.3 Å². The third-order valence-electron chi connectivity index (χ3n) is 2.92. The summed E-state index contributed by atoms with van der Waals surface area (Å²) in [6.45, 7) is 0. The molecule has 2 unspecified atom stereocenters. The monoisotopic (exact) mass is 255 g/mol. The molecule has 7 nitrogen and oxygen atoms in total. The Balaban J connectivity index is 2.01. The second-order valence-electron chi connectivity index (χ2n) is 3.93. The fourth-order valence-corrected chi connectivity index (χ4v) is 2.50. The van der Waals surface area contributed by atoms with Crippen molar-refractivity contribution in [3.05, 3.63) is 11.1 Å². The van der Waals surface area contributed by atoms with Gasteiger partial charge >= 0.3 is 0 Å². The minimum Gasteiger partial charge on any atom is -0.409 e. The van der Waals surface area contributed by atoms with Crippen LogP contribution in [0.2, 0.25) is 0 Å². The van der Waals surface area contributed by atoms with Crippen LogP contribution in [0.15, 0.2) is 10.5 Å². The molecule has 0 spiro atoms. The van der Waals surface area contributed by atoms with Crippen LogP contribution in [-0.4, -0.2) is 32.6 Å². The molecule has 8 heteroatoms. The average molecular weight is 255 g/mol. The lowest BCUT2D eigenvalue weighted by molar-refractivity contribution is 0.0928. The number of rotatable bonds is 3. The number of amidine groups is 1. The highest BCUT2D eigenvalue weighted by molar-refractivity contribution is 7.03. The van der Waals surface area contributed by atoms with Crippen LogP contribution < -0.4 is 11.1 Å². The SMILES string of the molecule is NC(=NO)C1CCCC1NC(=O)c1csnn1. The summed E-state index contributed by atoms with van der Waals surface area (Å²) < 4.78 is 3.63. The van der Waals surface area contributed by atoms with Crippen molar-refractivity contribution >= 4 is 23.3 Å². The number of carbonyl (C=O) groups is 1. The molecule has 1 aromatic heterocycles. The van der Waals surface area contributed by atoms with E-state index in [1.54, 1.807) is 5.38 Å². The van der Waals surface area contributed by atoms with Crippen LogP contribution >= 0.6 is 11.5 Å². The molecule has 2 rings (SSSR count). The Kier molecular flexibility index (Phi) is 3.52. The first-order chi connectivity index (χ1) is 8.22. The van der Waals surface area contributed by atoms with E-state index < -0.39 is 0 Å². The Labute approximate surface area is 102 Å². The number of carbonyl (C=O) groups excluding carboxylic acids is 1. The highest BCUT2D eigenvalue weighted by Crippen LogP contribution is 2.26. The van der Waals surface area contributed by atoms with Gasteiger partial charge in [-0.2, -0.15) is 0 Å². The van der Waals surface area contributed by atoms with Crippen LogP contribution in [0.4, 0.5) is 0 Å². The van der Waals surface area contributed by atoms with Crippen molar-refractivity contribution in [1.82, 2.24) is 14.9 Å². The van der Waals surface area contributed by atoms with Gasteiger partial charge in [0.2, 0.25) is 0 Å². The summed E-state index contributed by atoms with van der Waals surface area (Å²) >= 11 is 1.13. The Hall–Kier alpha value is -1.70. The van der Waals surface area contributed by atoms with Crippen molar-refractivity contribution in [1.29, 1.82) is 0 Å². The highest BCUT2D eigenvalue weighted by Gasteiger charge is 2.32. The zero-order chi connectivity index (χ0) is 12.3. The maximum atomic E-state index is 11.8. The van der Waals surface area contributed by atoms with Gasteiger partial charge in [0.05, 0.1) is 0 Å². The lowest BCUT2D eigenvalue weighted by atomic mass is 10.0. The summed E-state index contributed by atoms with van der Waals surface area (Å²) in [6, 6.07) is -0.0971. The van der Waals surface area contributed by atoms with Gasteiger partial charge < -0.3 is 16.3 Å². The van der Waals surface area contributed by atoms with Gasteiger partial charge in [-0.15, -0.1) is 5.10 Å². The number of hydrogen-bond donors (Lipinski definition) is 3. The maximum absolute atomic E-state index is 11.8. The van der Waals surface area contributed by atoms with E-state index >= 15 is 0 Å². The number of nitrogens with one attached hydrogen (secondary N) is 1. The standard InChI is InChI=1S/C9H13N5O2S/c10-8(13-16)5-2-1-3-6(5)11-9(15)7-4-17-14-12-7/h4-6,16H,1-3H2,(H2,10,13)(H,11,15). The fraction of sp³-hybridized carbons (Fsp3) is 0.556. The number of nitrogens with two attached hydrogens (primary N) is 1. The van der Waals surface area contributed by atoms with Crippen LogP contribution in [0.1, 0.15) is 29.8 Å². The van der Waals surface area contributed by atoms with Crippen LogP contribution in [0.25, 0.3) is 0 Å². The molecule has 1 aliphatic carbocycles. The van der Waals surface area contributed by atoms with E-state index in [4.69, 9.17) is 10.9 Å². The van der Waals surface area contributed by atoms with E-state index in [9.17, 15) is 4.79 Å². The third-order valence-corrected chi connectivity index (χ3v) is 3.43. The van der Waals surface area contributed by atoms with Crippen LogP contribution in [0.5, 0.6) is 0 Å². The van der Waals surface area contributed by atoms with Crippen LogP contribution in [0.3, 0.4) is 0 Å². The molecule has 0 aliphatic heterocycles. The number of oxime groups is 1. The first-order valence-corrected chi connectivity index (χ1v) is 6.11. The normalized spacial score (nSPS) is 24.8. The summed E-state index contributed by atoms with van der Waals surface area (Å²) in [5.41, 5.74) is 5.89. The molecule has 1 fully saturated rings. The largest absolute Gasteiger partial charge is 0.409 e. The summed E-state index contributed by atoms with van der Waals surface area (Å²) in [4.78, 5) is 11.8. The summed E-state index contributed by atoms with van der Waals surface area (Å²) in [6.07, 6.45) is 2.58. The molecule has 17 heavy (non-hydrogen) atoms. The second-order valence-corrected chi connectivity index (χ2v) is 4.54. The number of amides is 1. The Morgan fingerprint density at radius 1 is 1.65 bits per heavy atom. The van der Waals surface area contributed by atoms with Crippen molar-refractivity contribution in [2.75, 3.05) is 0 Å². The molecule has 1 amide bonds. The highest BCUT2D eigenvalue weighted by atomic mass is 32.1. The van der Waals surface area contributed by atoms with Gasteiger partial charge in [-0.1, -0.05) is 16.1 Å². The van der Waals surface area contributed by atoms with E-state index in [1.807, 2.05) is 0 Å². The van der Waals surface area contributed by atoms with Gasteiger partial charge in [0.1, 0.15) is 5.84 Å². The summed E-state index contributed by atoms with van der Waals surface area (Å²) in [5, 5.41) is 19.8. The Morgan fingerprint density at radius 2 is 2.47 bits per heavy atom. The molecular weight excluding hydrogens is 242 g/mol. The second kappa shape index (κ2) is 5.09. The maximum Gasteiger partial charge on any atom is 0.272 e. The van der Waals surface area contributed by atoms with E-state index in [-0.39, 0.29) is 23.7 Å². The lowest BCUT2D eigenvalue weighted by Gasteiger charge is -2.18. The molecule has 1 heterocycles. The van der Waals surface area contributed by atoms with Crippen molar-refractivity contribution in [2.45, 2.75) is 25.3 Å². The van der Waals surface area contributed by atoms with Gasteiger partial charge in [-0.25, -0.2) is 0 Å². The molecule has 1 aromatic rings. The number of nitrogens with zero attached hydrogens (tertiary/aromatic N) is 3. The minimum atomic E-state index is -0.263. The fourth-order valence-electron chi connectivity index (χ4n) is 2.07. The zero-order valence-corrected chi connectivity index (χ0v) is 9.85. The quantitative estimate of drug-likeness (QED) is 0.308. The smallest absolute Gasteiger partial charge is 0.272 e. The molecule has 0 radical (unpaired) electrons. The molecule has 0 saturated heterocycles. The zero-order valence-electron chi connectivity index (χ0n) is 9.04. The molecule has 2 atom stereocenters. The first-order valence-electron chi connectivity index (χ1n) is 5.27. The van der Waals surface area contributed by atoms with Gasteiger partial charge in [0.25, 0.3) is 5.91 Å². The van der Waals surface area contributed by atoms with Gasteiger partial charge in [-0.05, 0) is 24.4 Å². The Morgan fingerprint density at radius 3 is 3.12 bits per heavy atom. The molecule has 1 saturated carbocycles. The molecule has 0 aromatic carbocycles. The molecule has 92 valence electrons. The predicted molar refractivity (Wildman–Crippen MR) is 61.9 cm³/mol. The molecule has 0 bridgehead atoms. The predicted octanol–water partition coefficient (Wildman–Crippen LogP) is 0.183. The van der Waals surface area contributed by atoms with Crippen molar-refractivity contribution in [3.8, 4) is 0 Å². The van der Waals surface area contributed by atoms with Crippen LogP contribution in [0, 0.1) is 5.92 Å². The molecule has 4 N–H and O–H groups in total. The van der Waals surface area contributed by atoms with Gasteiger partial charge in [0.15, 0.2) is 5.69 Å². The van der Waals surface area contributed by atoms with Crippen molar-refractivity contribution in [2.24, 2.45) is 16.8 Å². The summed E-state index contributed by atoms with van der Waals surface area (Å²) in [5.74, 6) is -0.193. The average Bonchev–Trinajstić information content (AvgIpc) is 2.98. The van der Waals surface area contributed by atoms with E-state index in [1.165, 1.54) is 0 Å². The first kappa shape index (κ1) is 11.8. The molecule has 1 aliphatic rings. The lowest BCUT2D eigenvalue weighted by Crippen LogP contribution is -2.42. The van der Waals surface area contributed by atoms with Crippen LogP contribution in [-0.2, 0) is 0 Å². The van der Waals surface area contributed by atoms with E-state index in [0.717, 1.165) is 30.8 Å². The number of hydrogen-bond acceptors (Lipinski definition) is 6. The third kappa shape index (κ3) is 2.52. The van der Waals surface area contributed by atoms with Crippen molar-refractivity contribution in [3.63, 3.8) is 0 Å². The summed E-state index contributed by atoms with van der Waals surface area (Å²) in [7, 11) is 0. The minimum absolute atomic E-state index is 0.0971. The van der Waals surface area contributed by atoms with Gasteiger partial charge in [-0.3, -0.25) is 4.79 Å². The van der Waals surface area contributed by atoms with Crippen molar-refractivity contribution < 1.29 is 10.0 Å². The number of aromatic nitrogens is 2. The molecular formula is C9H13N5O2S. The van der Waals surface area contributed by atoms with E-state index in [0.29, 0.717) is 5.69 Å².